The van der Waals surface area contributed by atoms with Gasteiger partial charge in [-0.1, -0.05) is 24.3 Å². The molecular formula is C24H17F4N5O2. The third kappa shape index (κ3) is 5.52. The van der Waals surface area contributed by atoms with E-state index in [1.54, 1.807) is 30.3 Å². The molecule has 0 radical (unpaired) electrons. The van der Waals surface area contributed by atoms with E-state index in [1.807, 2.05) is 0 Å². The molecule has 11 heteroatoms. The summed E-state index contributed by atoms with van der Waals surface area (Å²) in [5, 5.41) is 15.4. The zero-order valence-corrected chi connectivity index (χ0v) is 18.1. The number of carbonyl (C=O) groups is 1. The fourth-order valence-corrected chi connectivity index (χ4v) is 3.30. The summed E-state index contributed by atoms with van der Waals surface area (Å²) in [5.74, 6) is -1.55. The van der Waals surface area contributed by atoms with Gasteiger partial charge in [-0.3, -0.25) is 0 Å². The highest BCUT2D eigenvalue weighted by molar-refractivity contribution is 5.86. The Morgan fingerprint density at radius 1 is 1.11 bits per heavy atom. The van der Waals surface area contributed by atoms with Crippen molar-refractivity contribution >= 4 is 23.7 Å². The minimum atomic E-state index is -4.66. The first kappa shape index (κ1) is 23.6. The molecule has 2 N–H and O–H groups in total. The van der Waals surface area contributed by atoms with Gasteiger partial charge in [0.25, 0.3) is 0 Å². The number of anilines is 2. The van der Waals surface area contributed by atoms with Crippen LogP contribution in [0.3, 0.4) is 0 Å². The molecule has 2 aromatic heterocycles. The van der Waals surface area contributed by atoms with Crippen molar-refractivity contribution in [3.8, 4) is 16.9 Å². The molecule has 2 aromatic carbocycles. The lowest BCUT2D eigenvalue weighted by molar-refractivity contribution is -0.141. The molecule has 178 valence electrons. The summed E-state index contributed by atoms with van der Waals surface area (Å²) in [6.45, 7) is 1.46. The van der Waals surface area contributed by atoms with E-state index in [1.165, 1.54) is 37.4 Å². The van der Waals surface area contributed by atoms with Crippen LogP contribution in [-0.2, 0) is 11.0 Å². The first-order valence-electron chi connectivity index (χ1n) is 10.2. The number of hydrogen-bond acceptors (Lipinski definition) is 5. The van der Waals surface area contributed by atoms with Gasteiger partial charge in [-0.15, -0.1) is 0 Å². The van der Waals surface area contributed by atoms with Gasteiger partial charge >= 0.3 is 12.1 Å². The SMILES string of the molecule is Cc1cc(C(F)(F)F)nn1-c1nc(Nc2cccc(F)c2)ncc1-c1cccc(C=CC(=O)O)c1. The second-order valence-corrected chi connectivity index (χ2v) is 7.44. The van der Waals surface area contributed by atoms with Gasteiger partial charge in [-0.25, -0.2) is 18.9 Å². The number of aromatic nitrogens is 4. The number of halogens is 4. The number of carboxylic acids is 1. The quantitative estimate of drug-likeness (QED) is 0.273. The smallest absolute Gasteiger partial charge is 0.435 e. The van der Waals surface area contributed by atoms with E-state index >= 15 is 0 Å². The molecule has 35 heavy (non-hydrogen) atoms. The second kappa shape index (κ2) is 9.37. The lowest BCUT2D eigenvalue weighted by Crippen LogP contribution is -2.10. The van der Waals surface area contributed by atoms with Crippen LogP contribution in [0.15, 0.2) is 66.9 Å². The van der Waals surface area contributed by atoms with Crippen LogP contribution >= 0.6 is 0 Å². The van der Waals surface area contributed by atoms with Gasteiger partial charge in [-0.2, -0.15) is 23.3 Å². The standard InChI is InChI=1S/C24H17F4N5O2/c1-14-10-20(24(26,27)28)32-33(14)22-19(16-5-2-4-15(11-16)8-9-21(34)35)13-29-23(31-22)30-18-7-3-6-17(25)12-18/h2-13H,1H3,(H,34,35)(H,29,30,31). The molecule has 0 aliphatic rings. The van der Waals surface area contributed by atoms with Gasteiger partial charge in [-0.05, 0) is 54.5 Å². The predicted octanol–water partition coefficient (Wildman–Crippen LogP) is 5.64. The average Bonchev–Trinajstić information content (AvgIpc) is 3.20. The van der Waals surface area contributed by atoms with Gasteiger partial charge in [0.2, 0.25) is 5.95 Å². The highest BCUT2D eigenvalue weighted by Crippen LogP contribution is 2.32. The fraction of sp³-hybridized carbons (Fsp3) is 0.0833. The summed E-state index contributed by atoms with van der Waals surface area (Å²) in [6.07, 6.45) is -0.908. The number of aryl methyl sites for hydroxylation is 1. The first-order valence-corrected chi connectivity index (χ1v) is 10.2. The van der Waals surface area contributed by atoms with E-state index in [0.717, 1.165) is 16.8 Å². The molecule has 0 saturated carbocycles. The molecule has 2 heterocycles. The van der Waals surface area contributed by atoms with E-state index in [-0.39, 0.29) is 17.5 Å². The summed E-state index contributed by atoms with van der Waals surface area (Å²) in [4.78, 5) is 19.5. The van der Waals surface area contributed by atoms with Gasteiger partial charge in [0.1, 0.15) is 5.82 Å². The second-order valence-electron chi connectivity index (χ2n) is 7.44. The van der Waals surface area contributed by atoms with Crippen molar-refractivity contribution in [3.05, 3.63) is 89.6 Å². The molecule has 4 rings (SSSR count). The number of nitrogens with zero attached hydrogens (tertiary/aromatic N) is 4. The van der Waals surface area contributed by atoms with Crippen LogP contribution in [-0.4, -0.2) is 30.8 Å². The molecular weight excluding hydrogens is 466 g/mol. The van der Waals surface area contributed by atoms with Gasteiger partial charge in [0.15, 0.2) is 11.5 Å². The monoisotopic (exact) mass is 483 g/mol. The van der Waals surface area contributed by atoms with Crippen LogP contribution in [0.4, 0.5) is 29.2 Å². The largest absolute Gasteiger partial charge is 0.478 e. The predicted molar refractivity (Wildman–Crippen MR) is 121 cm³/mol. The third-order valence-electron chi connectivity index (χ3n) is 4.84. The fourth-order valence-electron chi connectivity index (χ4n) is 3.30. The molecule has 7 nitrogen and oxygen atoms in total. The normalized spacial score (nSPS) is 11.7. The highest BCUT2D eigenvalue weighted by atomic mass is 19.4. The maximum Gasteiger partial charge on any atom is 0.435 e. The van der Waals surface area contributed by atoms with E-state index < -0.39 is 23.7 Å². The van der Waals surface area contributed by atoms with Crippen molar-refractivity contribution in [2.75, 3.05) is 5.32 Å². The zero-order valence-electron chi connectivity index (χ0n) is 18.1. The van der Waals surface area contributed by atoms with E-state index in [0.29, 0.717) is 22.4 Å². The molecule has 0 unspecified atom stereocenters. The summed E-state index contributed by atoms with van der Waals surface area (Å²) >= 11 is 0. The Labute approximate surface area is 196 Å². The Hall–Kier alpha value is -4.54. The van der Waals surface area contributed by atoms with Crippen LogP contribution in [0.2, 0.25) is 0 Å². The van der Waals surface area contributed by atoms with Crippen molar-refractivity contribution in [1.82, 2.24) is 19.7 Å². The average molecular weight is 483 g/mol. The molecule has 0 saturated heterocycles. The Kier molecular flexibility index (Phi) is 6.32. The van der Waals surface area contributed by atoms with Crippen molar-refractivity contribution in [1.29, 1.82) is 0 Å². The Bertz CT molecular complexity index is 1430. The summed E-state index contributed by atoms with van der Waals surface area (Å²) in [5.41, 5.74) is 0.852. The number of alkyl halides is 3. The van der Waals surface area contributed by atoms with Crippen LogP contribution in [0.1, 0.15) is 17.0 Å². The van der Waals surface area contributed by atoms with Crippen molar-refractivity contribution in [3.63, 3.8) is 0 Å². The van der Waals surface area contributed by atoms with E-state index in [9.17, 15) is 22.4 Å². The Balaban J connectivity index is 1.85. The Morgan fingerprint density at radius 3 is 2.57 bits per heavy atom. The number of aliphatic carboxylic acids is 1. The summed E-state index contributed by atoms with van der Waals surface area (Å²) in [6, 6.07) is 13.1. The number of hydrogen-bond donors (Lipinski definition) is 2. The molecule has 0 spiro atoms. The molecule has 0 bridgehead atoms. The van der Waals surface area contributed by atoms with Crippen molar-refractivity contribution < 1.29 is 27.5 Å². The summed E-state index contributed by atoms with van der Waals surface area (Å²) in [7, 11) is 0. The maximum absolute atomic E-state index is 13.6. The summed E-state index contributed by atoms with van der Waals surface area (Å²) < 4.78 is 54.6. The molecule has 4 aromatic rings. The van der Waals surface area contributed by atoms with Gasteiger partial charge in [0, 0.05) is 29.2 Å². The topological polar surface area (TPSA) is 92.9 Å². The lowest BCUT2D eigenvalue weighted by atomic mass is 10.0. The van der Waals surface area contributed by atoms with Crippen LogP contribution in [0.5, 0.6) is 0 Å². The number of carboxylic acid groups (broad SMARTS) is 1. The van der Waals surface area contributed by atoms with Crippen LogP contribution in [0, 0.1) is 12.7 Å². The third-order valence-corrected chi connectivity index (χ3v) is 4.84. The highest BCUT2D eigenvalue weighted by Gasteiger charge is 2.35. The molecule has 0 aliphatic heterocycles. The molecule has 0 fully saturated rings. The van der Waals surface area contributed by atoms with Gasteiger partial charge in [0.05, 0.1) is 0 Å². The maximum atomic E-state index is 13.6. The molecule has 0 aliphatic carbocycles. The first-order chi connectivity index (χ1) is 16.6. The number of nitrogens with one attached hydrogen (secondary N) is 1. The Morgan fingerprint density at radius 2 is 1.89 bits per heavy atom. The number of benzene rings is 2. The lowest BCUT2D eigenvalue weighted by Gasteiger charge is -2.13. The van der Waals surface area contributed by atoms with Crippen molar-refractivity contribution in [2.45, 2.75) is 13.1 Å². The van der Waals surface area contributed by atoms with Crippen LogP contribution in [0.25, 0.3) is 23.0 Å². The zero-order chi connectivity index (χ0) is 25.2. The minimum Gasteiger partial charge on any atom is -0.478 e. The van der Waals surface area contributed by atoms with Crippen molar-refractivity contribution in [2.24, 2.45) is 0 Å². The number of rotatable bonds is 6. The van der Waals surface area contributed by atoms with E-state index in [4.69, 9.17) is 5.11 Å². The minimum absolute atomic E-state index is 0.0136. The molecule has 0 atom stereocenters. The van der Waals surface area contributed by atoms with E-state index in [2.05, 4.69) is 20.4 Å². The van der Waals surface area contributed by atoms with Crippen LogP contribution < -0.4 is 5.32 Å². The van der Waals surface area contributed by atoms with Gasteiger partial charge < -0.3 is 10.4 Å². The molecule has 0 amide bonds.